The Kier molecular flexibility index (Phi) is 4.33. The SMILES string of the molecule is COc1ccc(C2=C(C)C(S(C)(=O)=O)=CCC2=C2C=CC=C2)cc1. The lowest BCUT2D eigenvalue weighted by atomic mass is 9.85. The van der Waals surface area contributed by atoms with E-state index in [1.807, 2.05) is 49.4 Å². The molecule has 2 aliphatic rings. The van der Waals surface area contributed by atoms with Gasteiger partial charge < -0.3 is 4.74 Å². The second kappa shape index (κ2) is 6.29. The van der Waals surface area contributed by atoms with Crippen molar-refractivity contribution in [2.45, 2.75) is 13.3 Å². The highest BCUT2D eigenvalue weighted by Crippen LogP contribution is 2.41. The Balaban J connectivity index is 2.22. The maximum Gasteiger partial charge on any atom is 0.175 e. The molecule has 0 spiro atoms. The number of rotatable bonds is 3. The van der Waals surface area contributed by atoms with Crippen molar-refractivity contribution in [3.8, 4) is 5.75 Å². The predicted molar refractivity (Wildman–Crippen MR) is 98.4 cm³/mol. The van der Waals surface area contributed by atoms with Crippen LogP contribution in [0.4, 0.5) is 0 Å². The topological polar surface area (TPSA) is 43.4 Å². The zero-order valence-corrected chi connectivity index (χ0v) is 14.9. The van der Waals surface area contributed by atoms with E-state index in [1.54, 1.807) is 7.11 Å². The summed E-state index contributed by atoms with van der Waals surface area (Å²) in [5.41, 5.74) is 5.06. The number of sulfone groups is 1. The van der Waals surface area contributed by atoms with Crippen LogP contribution >= 0.6 is 0 Å². The Morgan fingerprint density at radius 2 is 1.67 bits per heavy atom. The van der Waals surface area contributed by atoms with Gasteiger partial charge >= 0.3 is 0 Å². The first-order chi connectivity index (χ1) is 11.4. The molecule has 0 fully saturated rings. The standard InChI is InChI=1S/C20H20O3S/c1-14-19(24(3,21)22)13-12-18(15-6-4-5-7-15)20(14)16-8-10-17(23-2)11-9-16/h4-11,13H,12H2,1-3H3. The summed E-state index contributed by atoms with van der Waals surface area (Å²) in [5, 5.41) is 0. The van der Waals surface area contributed by atoms with E-state index in [1.165, 1.54) is 6.26 Å². The van der Waals surface area contributed by atoms with Crippen LogP contribution in [-0.4, -0.2) is 21.8 Å². The van der Waals surface area contributed by atoms with Gasteiger partial charge in [0.15, 0.2) is 9.84 Å². The maximum atomic E-state index is 12.1. The molecular weight excluding hydrogens is 320 g/mol. The first-order valence-corrected chi connectivity index (χ1v) is 9.65. The number of ether oxygens (including phenoxy) is 1. The summed E-state index contributed by atoms with van der Waals surface area (Å²) in [7, 11) is -1.62. The lowest BCUT2D eigenvalue weighted by molar-refractivity contribution is 0.415. The largest absolute Gasteiger partial charge is 0.497 e. The van der Waals surface area contributed by atoms with Crippen molar-refractivity contribution >= 4 is 15.4 Å². The molecule has 0 bridgehead atoms. The molecule has 3 nitrogen and oxygen atoms in total. The van der Waals surface area contributed by atoms with E-state index in [0.29, 0.717) is 11.3 Å². The van der Waals surface area contributed by atoms with Crippen LogP contribution in [-0.2, 0) is 9.84 Å². The zero-order chi connectivity index (χ0) is 17.3. The highest BCUT2D eigenvalue weighted by molar-refractivity contribution is 7.94. The second-order valence-corrected chi connectivity index (χ2v) is 7.91. The summed E-state index contributed by atoms with van der Waals surface area (Å²) in [5.74, 6) is 0.779. The molecule has 0 radical (unpaired) electrons. The quantitative estimate of drug-likeness (QED) is 0.827. The third-order valence-corrected chi connectivity index (χ3v) is 5.60. The van der Waals surface area contributed by atoms with Crippen LogP contribution in [0.25, 0.3) is 5.57 Å². The monoisotopic (exact) mass is 340 g/mol. The molecule has 0 atom stereocenters. The van der Waals surface area contributed by atoms with E-state index in [4.69, 9.17) is 4.74 Å². The van der Waals surface area contributed by atoms with E-state index in [-0.39, 0.29) is 0 Å². The lowest BCUT2D eigenvalue weighted by Crippen LogP contribution is -2.10. The van der Waals surface area contributed by atoms with Gasteiger partial charge in [-0.2, -0.15) is 0 Å². The normalized spacial score (nSPS) is 17.5. The number of benzene rings is 1. The van der Waals surface area contributed by atoms with Crippen LogP contribution in [0.5, 0.6) is 5.75 Å². The summed E-state index contributed by atoms with van der Waals surface area (Å²) in [6.45, 7) is 1.88. The molecule has 0 saturated carbocycles. The van der Waals surface area contributed by atoms with Crippen LogP contribution in [0, 0.1) is 0 Å². The fourth-order valence-electron chi connectivity index (χ4n) is 3.21. The minimum absolute atomic E-state index is 0.420. The van der Waals surface area contributed by atoms with E-state index < -0.39 is 9.84 Å². The Morgan fingerprint density at radius 3 is 2.21 bits per heavy atom. The fraction of sp³-hybridized carbons (Fsp3) is 0.200. The van der Waals surface area contributed by atoms with Gasteiger partial charge in [0.25, 0.3) is 0 Å². The molecule has 0 saturated heterocycles. The highest BCUT2D eigenvalue weighted by Gasteiger charge is 2.25. The number of hydrogen-bond acceptors (Lipinski definition) is 3. The fourth-order valence-corrected chi connectivity index (χ4v) is 4.26. The number of methoxy groups -OCH3 is 1. The molecule has 1 aromatic rings. The Morgan fingerprint density at radius 1 is 1.04 bits per heavy atom. The first-order valence-electron chi connectivity index (χ1n) is 7.76. The minimum atomic E-state index is -3.26. The molecule has 1 aromatic carbocycles. The molecule has 2 aliphatic carbocycles. The van der Waals surface area contributed by atoms with Crippen LogP contribution in [0.15, 0.2) is 76.3 Å². The summed E-state index contributed by atoms with van der Waals surface area (Å²) < 4.78 is 29.5. The third-order valence-electron chi connectivity index (χ3n) is 4.33. The van der Waals surface area contributed by atoms with Crippen LogP contribution in [0.1, 0.15) is 18.9 Å². The smallest absolute Gasteiger partial charge is 0.175 e. The molecule has 124 valence electrons. The van der Waals surface area contributed by atoms with Crippen molar-refractivity contribution in [2.75, 3.05) is 13.4 Å². The Bertz CT molecular complexity index is 908. The van der Waals surface area contributed by atoms with Crippen LogP contribution in [0.3, 0.4) is 0 Å². The van der Waals surface area contributed by atoms with Crippen molar-refractivity contribution in [1.29, 1.82) is 0 Å². The van der Waals surface area contributed by atoms with Gasteiger partial charge in [-0.25, -0.2) is 8.42 Å². The molecule has 0 unspecified atom stereocenters. The summed E-state index contributed by atoms with van der Waals surface area (Å²) in [6.07, 6.45) is 11.8. The van der Waals surface area contributed by atoms with Crippen molar-refractivity contribution in [3.05, 3.63) is 81.8 Å². The summed E-state index contributed by atoms with van der Waals surface area (Å²) >= 11 is 0. The van der Waals surface area contributed by atoms with Crippen LogP contribution < -0.4 is 4.74 Å². The molecule has 0 aromatic heterocycles. The van der Waals surface area contributed by atoms with Crippen molar-refractivity contribution < 1.29 is 13.2 Å². The van der Waals surface area contributed by atoms with Gasteiger partial charge in [-0.1, -0.05) is 42.5 Å². The van der Waals surface area contributed by atoms with Gasteiger partial charge in [0.2, 0.25) is 0 Å². The van der Waals surface area contributed by atoms with Crippen molar-refractivity contribution in [1.82, 2.24) is 0 Å². The van der Waals surface area contributed by atoms with Gasteiger partial charge in [0.1, 0.15) is 5.75 Å². The zero-order valence-electron chi connectivity index (χ0n) is 14.0. The molecule has 24 heavy (non-hydrogen) atoms. The van der Waals surface area contributed by atoms with E-state index in [2.05, 4.69) is 12.2 Å². The summed E-state index contributed by atoms with van der Waals surface area (Å²) in [6, 6.07) is 7.75. The highest BCUT2D eigenvalue weighted by atomic mass is 32.2. The average molecular weight is 340 g/mol. The van der Waals surface area contributed by atoms with E-state index in [0.717, 1.165) is 33.6 Å². The first kappa shape index (κ1) is 16.5. The maximum absolute atomic E-state index is 12.1. The number of allylic oxidation sites excluding steroid dienone is 9. The number of hydrogen-bond donors (Lipinski definition) is 0. The van der Waals surface area contributed by atoms with Crippen LogP contribution in [0.2, 0.25) is 0 Å². The third kappa shape index (κ3) is 3.02. The molecule has 3 rings (SSSR count). The van der Waals surface area contributed by atoms with Crippen molar-refractivity contribution in [2.24, 2.45) is 0 Å². The van der Waals surface area contributed by atoms with Gasteiger partial charge in [-0.05, 0) is 53.3 Å². The van der Waals surface area contributed by atoms with Gasteiger partial charge in [0, 0.05) is 6.26 Å². The summed E-state index contributed by atoms with van der Waals surface area (Å²) in [4.78, 5) is 0.420. The molecular formula is C20H20O3S. The Hall–Kier alpha value is -2.33. The molecule has 0 heterocycles. The second-order valence-electron chi connectivity index (χ2n) is 5.93. The molecule has 0 amide bonds. The van der Waals surface area contributed by atoms with Gasteiger partial charge in [-0.15, -0.1) is 0 Å². The lowest BCUT2D eigenvalue weighted by Gasteiger charge is -2.23. The minimum Gasteiger partial charge on any atom is -0.497 e. The van der Waals surface area contributed by atoms with Gasteiger partial charge in [-0.3, -0.25) is 0 Å². The molecule has 0 N–H and O–H groups in total. The predicted octanol–water partition coefficient (Wildman–Crippen LogP) is 4.22. The molecule has 4 heteroatoms. The average Bonchev–Trinajstić information content (AvgIpc) is 3.08. The molecule has 0 aliphatic heterocycles. The Labute approximate surface area is 143 Å². The van der Waals surface area contributed by atoms with Gasteiger partial charge in [0.05, 0.1) is 12.0 Å². The van der Waals surface area contributed by atoms with E-state index in [9.17, 15) is 8.42 Å². The van der Waals surface area contributed by atoms with Crippen molar-refractivity contribution in [3.63, 3.8) is 0 Å². The van der Waals surface area contributed by atoms with E-state index >= 15 is 0 Å².